The lowest BCUT2D eigenvalue weighted by Gasteiger charge is -2.10. The molecule has 0 aromatic heterocycles. The van der Waals surface area contributed by atoms with E-state index >= 15 is 0 Å². The Bertz CT molecular complexity index is 1310. The predicted octanol–water partition coefficient (Wildman–Crippen LogP) is 5.05. The number of amides is 2. The molecule has 3 aromatic rings. The van der Waals surface area contributed by atoms with Crippen LogP contribution in [0.5, 0.6) is 5.75 Å². The van der Waals surface area contributed by atoms with Gasteiger partial charge < -0.3 is 10.1 Å². The number of non-ortho nitro benzene ring substituents is 1. The average Bonchev–Trinajstić information content (AvgIpc) is 2.84. The van der Waals surface area contributed by atoms with Crippen LogP contribution in [0.3, 0.4) is 0 Å². The summed E-state index contributed by atoms with van der Waals surface area (Å²) in [5.74, 6) is -0.683. The zero-order valence-electron chi connectivity index (χ0n) is 18.2. The summed E-state index contributed by atoms with van der Waals surface area (Å²) in [5.41, 5.74) is 3.58. The molecule has 0 aliphatic heterocycles. The van der Waals surface area contributed by atoms with Crippen molar-refractivity contribution in [2.45, 2.75) is 0 Å². The highest BCUT2D eigenvalue weighted by Gasteiger charge is 2.15. The van der Waals surface area contributed by atoms with E-state index in [4.69, 9.17) is 4.74 Å². The highest BCUT2D eigenvalue weighted by molar-refractivity contribution is 9.11. The molecule has 2 N–H and O–H groups in total. The van der Waals surface area contributed by atoms with Crippen LogP contribution < -0.4 is 15.5 Å². The minimum absolute atomic E-state index is 0.0970. The van der Waals surface area contributed by atoms with Crippen molar-refractivity contribution in [2.24, 2.45) is 5.10 Å². The van der Waals surface area contributed by atoms with Gasteiger partial charge >= 0.3 is 0 Å². The van der Waals surface area contributed by atoms with Gasteiger partial charge in [0.05, 0.1) is 22.7 Å². The van der Waals surface area contributed by atoms with Crippen LogP contribution in [0.15, 0.2) is 86.5 Å². The molecule has 0 spiro atoms. The number of hydrazone groups is 1. The fraction of sp³-hybridized carbons (Fsp3) is 0.0417. The highest BCUT2D eigenvalue weighted by atomic mass is 79.9. The molecule has 0 heterocycles. The van der Waals surface area contributed by atoms with Crippen molar-refractivity contribution in [1.82, 2.24) is 10.7 Å². The van der Waals surface area contributed by atoms with Crippen molar-refractivity contribution in [3.63, 3.8) is 0 Å². The molecular formula is C24H18Br2N4O5. The molecule has 0 radical (unpaired) electrons. The van der Waals surface area contributed by atoms with Gasteiger partial charge in [0.1, 0.15) is 11.4 Å². The predicted molar refractivity (Wildman–Crippen MR) is 139 cm³/mol. The number of halogens is 2. The molecule has 0 unspecified atom stereocenters. The molecule has 0 aliphatic carbocycles. The maximum Gasteiger partial charge on any atom is 0.287 e. The minimum Gasteiger partial charge on any atom is -0.495 e. The summed E-state index contributed by atoms with van der Waals surface area (Å²) in [7, 11) is 1.51. The topological polar surface area (TPSA) is 123 Å². The van der Waals surface area contributed by atoms with E-state index in [-0.39, 0.29) is 11.4 Å². The summed E-state index contributed by atoms with van der Waals surface area (Å²) < 4.78 is 6.82. The second kappa shape index (κ2) is 12.0. The van der Waals surface area contributed by atoms with Gasteiger partial charge in [-0.05, 0) is 64.0 Å². The summed E-state index contributed by atoms with van der Waals surface area (Å²) in [6.45, 7) is 0. The van der Waals surface area contributed by atoms with Crippen LogP contribution in [0.1, 0.15) is 21.5 Å². The Hall–Kier alpha value is -3.83. The maximum absolute atomic E-state index is 12.9. The van der Waals surface area contributed by atoms with Gasteiger partial charge in [-0.3, -0.25) is 19.7 Å². The first kappa shape index (κ1) is 25.8. The van der Waals surface area contributed by atoms with Crippen molar-refractivity contribution in [3.05, 3.63) is 108 Å². The van der Waals surface area contributed by atoms with Crippen LogP contribution in [0.2, 0.25) is 0 Å². The summed E-state index contributed by atoms with van der Waals surface area (Å²) in [6.07, 6.45) is 2.79. The van der Waals surface area contributed by atoms with Crippen LogP contribution in [0, 0.1) is 10.1 Å². The number of nitrogens with one attached hydrogen (secondary N) is 2. The second-order valence-corrected chi connectivity index (χ2v) is 8.71. The SMILES string of the molecule is COc1c(Br)cc(Br)cc1C=NNC(=O)C(=Cc1ccc([N+](=O)[O-])cc1)NC(=O)c1ccccc1. The van der Waals surface area contributed by atoms with Crippen molar-refractivity contribution in [2.75, 3.05) is 7.11 Å². The number of carbonyl (C=O) groups is 2. The van der Waals surface area contributed by atoms with Crippen LogP contribution in [0.25, 0.3) is 6.08 Å². The van der Waals surface area contributed by atoms with E-state index in [1.54, 1.807) is 42.5 Å². The number of nitro benzene ring substituents is 1. The molecule has 0 bridgehead atoms. The number of methoxy groups -OCH3 is 1. The number of hydrogen-bond donors (Lipinski definition) is 2. The second-order valence-electron chi connectivity index (χ2n) is 6.94. The van der Waals surface area contributed by atoms with Gasteiger partial charge in [-0.25, -0.2) is 5.43 Å². The van der Waals surface area contributed by atoms with Crippen molar-refractivity contribution < 1.29 is 19.2 Å². The van der Waals surface area contributed by atoms with Crippen LogP contribution >= 0.6 is 31.9 Å². The molecule has 2 amide bonds. The third-order valence-electron chi connectivity index (χ3n) is 4.55. The van der Waals surface area contributed by atoms with Crippen LogP contribution in [-0.4, -0.2) is 30.1 Å². The quantitative estimate of drug-likeness (QED) is 0.162. The zero-order valence-corrected chi connectivity index (χ0v) is 21.4. The Morgan fingerprint density at radius 1 is 1.06 bits per heavy atom. The number of nitro groups is 1. The van der Waals surface area contributed by atoms with Crippen molar-refractivity contribution >= 4 is 61.7 Å². The van der Waals surface area contributed by atoms with E-state index < -0.39 is 16.7 Å². The summed E-state index contributed by atoms with van der Waals surface area (Å²) in [6, 6.07) is 17.5. The number of rotatable bonds is 8. The smallest absolute Gasteiger partial charge is 0.287 e. The Morgan fingerprint density at radius 2 is 1.74 bits per heavy atom. The van der Waals surface area contributed by atoms with Gasteiger partial charge in [-0.15, -0.1) is 0 Å². The van der Waals surface area contributed by atoms with E-state index in [9.17, 15) is 19.7 Å². The van der Waals surface area contributed by atoms with Gasteiger partial charge in [0.2, 0.25) is 0 Å². The molecule has 0 saturated carbocycles. The Balaban J connectivity index is 1.86. The van der Waals surface area contributed by atoms with Crippen LogP contribution in [-0.2, 0) is 4.79 Å². The Kier molecular flexibility index (Phi) is 8.87. The number of benzene rings is 3. The van der Waals surface area contributed by atoms with Crippen molar-refractivity contribution in [1.29, 1.82) is 0 Å². The van der Waals surface area contributed by atoms with Gasteiger partial charge in [-0.1, -0.05) is 34.1 Å². The highest BCUT2D eigenvalue weighted by Crippen LogP contribution is 2.31. The van der Waals surface area contributed by atoms with Crippen molar-refractivity contribution in [3.8, 4) is 5.75 Å². The first-order chi connectivity index (χ1) is 16.8. The molecule has 11 heteroatoms. The monoisotopic (exact) mass is 600 g/mol. The van der Waals surface area contributed by atoms with Gasteiger partial charge in [-0.2, -0.15) is 5.10 Å². The third kappa shape index (κ3) is 7.08. The van der Waals surface area contributed by atoms with Gasteiger partial charge in [0, 0.05) is 27.7 Å². The number of carbonyl (C=O) groups excluding carboxylic acids is 2. The lowest BCUT2D eigenvalue weighted by atomic mass is 10.1. The molecule has 3 aromatic carbocycles. The fourth-order valence-corrected chi connectivity index (χ4v) is 4.33. The Morgan fingerprint density at radius 3 is 2.37 bits per heavy atom. The van der Waals surface area contributed by atoms with E-state index in [1.165, 1.54) is 43.7 Å². The standard InChI is InChI=1S/C24H18Br2N4O5/c1-35-22-17(12-18(25)13-20(22)26)14-27-29-24(32)21(28-23(31)16-5-3-2-4-6-16)11-15-7-9-19(10-8-15)30(33)34/h2-14H,1H3,(H,28,31)(H,29,32). The number of nitrogens with zero attached hydrogens (tertiary/aromatic N) is 2. The molecule has 3 rings (SSSR count). The number of hydrogen-bond acceptors (Lipinski definition) is 6. The molecular weight excluding hydrogens is 584 g/mol. The van der Waals surface area contributed by atoms with E-state index in [2.05, 4.69) is 47.7 Å². The first-order valence-electron chi connectivity index (χ1n) is 9.97. The lowest BCUT2D eigenvalue weighted by molar-refractivity contribution is -0.384. The molecule has 0 atom stereocenters. The van der Waals surface area contributed by atoms with E-state index in [1.807, 2.05) is 0 Å². The number of ether oxygens (including phenoxy) is 1. The lowest BCUT2D eigenvalue weighted by Crippen LogP contribution is -2.32. The fourth-order valence-electron chi connectivity index (χ4n) is 2.91. The molecule has 35 heavy (non-hydrogen) atoms. The summed E-state index contributed by atoms with van der Waals surface area (Å²) in [5, 5.41) is 17.5. The summed E-state index contributed by atoms with van der Waals surface area (Å²) in [4.78, 5) is 35.9. The van der Waals surface area contributed by atoms with E-state index in [0.29, 0.717) is 26.9 Å². The van der Waals surface area contributed by atoms with Crippen LogP contribution in [0.4, 0.5) is 5.69 Å². The minimum atomic E-state index is -0.697. The largest absolute Gasteiger partial charge is 0.495 e. The first-order valence-corrected chi connectivity index (χ1v) is 11.6. The van der Waals surface area contributed by atoms with E-state index in [0.717, 1.165) is 4.47 Å². The molecule has 0 aliphatic rings. The third-order valence-corrected chi connectivity index (χ3v) is 5.60. The molecule has 9 nitrogen and oxygen atoms in total. The average molecular weight is 602 g/mol. The maximum atomic E-state index is 12.9. The van der Waals surface area contributed by atoms with Gasteiger partial charge in [0.15, 0.2) is 0 Å². The Labute approximate surface area is 217 Å². The molecule has 0 fully saturated rings. The summed E-state index contributed by atoms with van der Waals surface area (Å²) >= 11 is 6.79. The molecule has 178 valence electrons. The van der Waals surface area contributed by atoms with Gasteiger partial charge in [0.25, 0.3) is 17.5 Å². The normalized spacial score (nSPS) is 11.2. The molecule has 0 saturated heterocycles. The zero-order chi connectivity index (χ0) is 25.4.